The third kappa shape index (κ3) is 1.77. The van der Waals surface area contributed by atoms with Crippen LogP contribution in [0.5, 0.6) is 17.2 Å². The van der Waals surface area contributed by atoms with Crippen LogP contribution in [0, 0.1) is 0 Å². The third-order valence-electron chi connectivity index (χ3n) is 1.72. The van der Waals surface area contributed by atoms with Gasteiger partial charge in [0.15, 0.2) is 11.5 Å². The summed E-state index contributed by atoms with van der Waals surface area (Å²) in [6, 6.07) is 3.29. The Hall–Kier alpha value is -1.58. The van der Waals surface area contributed by atoms with E-state index in [4.69, 9.17) is 19.9 Å². The van der Waals surface area contributed by atoms with Crippen molar-refractivity contribution in [3.63, 3.8) is 0 Å². The van der Waals surface area contributed by atoms with E-state index in [1.807, 2.05) is 0 Å². The van der Waals surface area contributed by atoms with E-state index >= 15 is 0 Å². The Morgan fingerprint density at radius 2 is 1.38 bits per heavy atom. The van der Waals surface area contributed by atoms with E-state index in [0.29, 0.717) is 17.2 Å². The van der Waals surface area contributed by atoms with Crippen molar-refractivity contribution in [2.45, 2.75) is 0 Å². The normalized spacial score (nSPS) is 9.46. The second kappa shape index (κ2) is 3.89. The fourth-order valence-corrected chi connectivity index (χ4v) is 1.01. The zero-order valence-corrected chi connectivity index (χ0v) is 7.88. The molecular weight excluding hydrogens is 170 g/mol. The average Bonchev–Trinajstić information content (AvgIpc) is 2.18. The lowest BCUT2D eigenvalue weighted by Crippen LogP contribution is -1.92. The van der Waals surface area contributed by atoms with Gasteiger partial charge in [-0.2, -0.15) is 0 Å². The number of hydrogen-bond acceptors (Lipinski definition) is 3. The van der Waals surface area contributed by atoms with Gasteiger partial charge in [0.2, 0.25) is 0 Å². The van der Waals surface area contributed by atoms with E-state index < -0.39 is 0 Å². The maximum Gasteiger partial charge on any atom is 0.151 e. The van der Waals surface area contributed by atoms with Crippen molar-refractivity contribution in [3.05, 3.63) is 12.1 Å². The minimum absolute atomic E-state index is 0.228. The van der Waals surface area contributed by atoms with Crippen LogP contribution in [0.4, 0.5) is 5.69 Å². The van der Waals surface area contributed by atoms with Crippen LogP contribution in [0.1, 0.15) is 0 Å². The van der Waals surface area contributed by atoms with Crippen LogP contribution in [-0.4, -0.2) is 21.3 Å². The fourth-order valence-electron chi connectivity index (χ4n) is 1.01. The molecule has 0 aliphatic carbocycles. The molecule has 4 heteroatoms. The molecule has 0 aromatic heterocycles. The van der Waals surface area contributed by atoms with Crippen LogP contribution >= 0.6 is 0 Å². The summed E-state index contributed by atoms with van der Waals surface area (Å²) in [5.41, 5.74) is 7.84. The van der Waals surface area contributed by atoms with Gasteiger partial charge in [-0.05, 0) is 0 Å². The SMILES string of the molecule is COc1cc(OC)c([NH])c(OC)c1. The molecule has 4 nitrogen and oxygen atoms in total. The van der Waals surface area contributed by atoms with Gasteiger partial charge in [-0.1, -0.05) is 0 Å². The second-order valence-corrected chi connectivity index (χ2v) is 2.41. The molecule has 0 aliphatic rings. The van der Waals surface area contributed by atoms with Gasteiger partial charge in [0.1, 0.15) is 11.4 Å². The van der Waals surface area contributed by atoms with Gasteiger partial charge in [0.05, 0.1) is 21.3 Å². The highest BCUT2D eigenvalue weighted by molar-refractivity contribution is 5.63. The first-order valence-corrected chi connectivity index (χ1v) is 3.74. The van der Waals surface area contributed by atoms with Gasteiger partial charge in [0, 0.05) is 12.1 Å². The highest BCUT2D eigenvalue weighted by Gasteiger charge is 2.09. The first-order valence-electron chi connectivity index (χ1n) is 3.74. The summed E-state index contributed by atoms with van der Waals surface area (Å²) in [6.45, 7) is 0. The Bertz CT molecular complexity index is 274. The lowest BCUT2D eigenvalue weighted by molar-refractivity contribution is 0.377. The summed E-state index contributed by atoms with van der Waals surface area (Å²) < 4.78 is 15.0. The third-order valence-corrected chi connectivity index (χ3v) is 1.72. The molecule has 0 fully saturated rings. The van der Waals surface area contributed by atoms with Crippen molar-refractivity contribution in [2.75, 3.05) is 21.3 Å². The Morgan fingerprint density at radius 1 is 0.923 bits per heavy atom. The largest absolute Gasteiger partial charge is 0.496 e. The van der Waals surface area contributed by atoms with Crippen LogP contribution in [0.2, 0.25) is 0 Å². The molecule has 0 aliphatic heterocycles. The van der Waals surface area contributed by atoms with E-state index in [0.717, 1.165) is 0 Å². The minimum Gasteiger partial charge on any atom is -0.496 e. The van der Waals surface area contributed by atoms with Crippen molar-refractivity contribution in [2.24, 2.45) is 0 Å². The van der Waals surface area contributed by atoms with Crippen LogP contribution < -0.4 is 19.9 Å². The number of ether oxygens (including phenoxy) is 3. The number of rotatable bonds is 3. The predicted octanol–water partition coefficient (Wildman–Crippen LogP) is 1.63. The number of methoxy groups -OCH3 is 3. The number of benzene rings is 1. The first kappa shape index (κ1) is 9.51. The summed E-state index contributed by atoms with van der Waals surface area (Å²) in [7, 11) is 4.57. The van der Waals surface area contributed by atoms with E-state index in [1.54, 1.807) is 19.2 Å². The van der Waals surface area contributed by atoms with Crippen LogP contribution in [0.15, 0.2) is 12.1 Å². The minimum atomic E-state index is 0.228. The Balaban J connectivity index is 3.20. The van der Waals surface area contributed by atoms with Crippen molar-refractivity contribution in [1.29, 1.82) is 0 Å². The Morgan fingerprint density at radius 3 is 1.69 bits per heavy atom. The molecule has 0 heterocycles. The molecule has 0 unspecified atom stereocenters. The zero-order chi connectivity index (χ0) is 9.84. The lowest BCUT2D eigenvalue weighted by Gasteiger charge is -2.10. The summed E-state index contributed by atoms with van der Waals surface area (Å²) in [5, 5.41) is 0. The molecule has 0 saturated heterocycles. The predicted molar refractivity (Wildman–Crippen MR) is 48.9 cm³/mol. The molecule has 1 rings (SSSR count). The summed E-state index contributed by atoms with van der Waals surface area (Å²) in [6.07, 6.45) is 0. The van der Waals surface area contributed by atoms with Gasteiger partial charge < -0.3 is 14.2 Å². The van der Waals surface area contributed by atoms with Crippen molar-refractivity contribution < 1.29 is 14.2 Å². The molecular formula is C9H12NO3. The molecule has 0 atom stereocenters. The fraction of sp³-hybridized carbons (Fsp3) is 0.333. The summed E-state index contributed by atoms with van der Waals surface area (Å²) in [5.74, 6) is 1.50. The maximum atomic E-state index is 7.61. The van der Waals surface area contributed by atoms with E-state index in [1.165, 1.54) is 14.2 Å². The Kier molecular flexibility index (Phi) is 2.84. The van der Waals surface area contributed by atoms with Gasteiger partial charge in [0.25, 0.3) is 0 Å². The smallest absolute Gasteiger partial charge is 0.151 e. The lowest BCUT2D eigenvalue weighted by atomic mass is 10.2. The summed E-state index contributed by atoms with van der Waals surface area (Å²) >= 11 is 0. The van der Waals surface area contributed by atoms with Gasteiger partial charge in [-0.15, -0.1) is 0 Å². The zero-order valence-electron chi connectivity index (χ0n) is 7.88. The van der Waals surface area contributed by atoms with Gasteiger partial charge in [-0.3, -0.25) is 5.73 Å². The van der Waals surface area contributed by atoms with Gasteiger partial charge in [-0.25, -0.2) is 0 Å². The standard InChI is InChI=1S/C9H12NO3/c1-11-6-4-7(12-2)9(10)8(5-6)13-3/h4-5,10H,1-3H3. The molecule has 13 heavy (non-hydrogen) atoms. The maximum absolute atomic E-state index is 7.61. The van der Waals surface area contributed by atoms with Crippen LogP contribution in [0.25, 0.3) is 0 Å². The number of hydrogen-bond donors (Lipinski definition) is 0. The molecule has 0 saturated carbocycles. The van der Waals surface area contributed by atoms with Crippen molar-refractivity contribution >= 4 is 5.69 Å². The van der Waals surface area contributed by atoms with E-state index in [2.05, 4.69) is 0 Å². The molecule has 0 amide bonds. The molecule has 1 N–H and O–H groups in total. The topological polar surface area (TPSA) is 51.5 Å². The first-order chi connectivity index (χ1) is 6.22. The quantitative estimate of drug-likeness (QED) is 0.713. The molecule has 0 bridgehead atoms. The highest BCUT2D eigenvalue weighted by Crippen LogP contribution is 2.37. The van der Waals surface area contributed by atoms with E-state index in [-0.39, 0.29) is 5.69 Å². The van der Waals surface area contributed by atoms with Crippen LogP contribution in [-0.2, 0) is 0 Å². The van der Waals surface area contributed by atoms with Crippen molar-refractivity contribution in [3.8, 4) is 17.2 Å². The molecule has 0 spiro atoms. The molecule has 1 radical (unpaired) electrons. The monoisotopic (exact) mass is 182 g/mol. The summed E-state index contributed by atoms with van der Waals surface area (Å²) in [4.78, 5) is 0. The number of nitrogens with one attached hydrogen (secondary N) is 1. The molecule has 1 aromatic rings. The second-order valence-electron chi connectivity index (χ2n) is 2.41. The van der Waals surface area contributed by atoms with Crippen LogP contribution in [0.3, 0.4) is 0 Å². The van der Waals surface area contributed by atoms with E-state index in [9.17, 15) is 0 Å². The highest BCUT2D eigenvalue weighted by atomic mass is 16.5. The van der Waals surface area contributed by atoms with Gasteiger partial charge >= 0.3 is 0 Å². The molecule has 1 aromatic carbocycles. The average molecular weight is 182 g/mol. The Labute approximate surface area is 77.2 Å². The molecule has 71 valence electrons. The van der Waals surface area contributed by atoms with Crippen molar-refractivity contribution in [1.82, 2.24) is 5.73 Å².